The highest BCUT2D eigenvalue weighted by Crippen LogP contribution is 2.21. The third kappa shape index (κ3) is 2.57. The van der Waals surface area contributed by atoms with Crippen molar-refractivity contribution in [3.63, 3.8) is 0 Å². The van der Waals surface area contributed by atoms with E-state index >= 15 is 0 Å². The minimum atomic E-state index is 0.578. The zero-order valence-corrected chi connectivity index (χ0v) is 12.0. The van der Waals surface area contributed by atoms with Crippen molar-refractivity contribution >= 4 is 39.7 Å². The standard InChI is InChI=1S/C13H13ClN4S/c1-2-18-8-17-11-5-9(3-4-12(11)18)15-6-10-7-16-13(14)19-10/h3-5,7-8,15H,2,6H2,1H3. The molecule has 3 aromatic rings. The number of hydrogen-bond acceptors (Lipinski definition) is 4. The number of fused-ring (bicyclic) bond motifs is 1. The lowest BCUT2D eigenvalue weighted by Crippen LogP contribution is -1.97. The molecular weight excluding hydrogens is 280 g/mol. The fraction of sp³-hybridized carbons (Fsp3) is 0.231. The lowest BCUT2D eigenvalue weighted by Gasteiger charge is -2.05. The SMILES string of the molecule is CCn1cnc2cc(NCc3cnc(Cl)s3)ccc21. The number of thiazole rings is 1. The average Bonchev–Trinajstić information content (AvgIpc) is 3.01. The molecule has 1 aromatic carbocycles. The highest BCUT2D eigenvalue weighted by atomic mass is 35.5. The van der Waals surface area contributed by atoms with Gasteiger partial charge in [-0.25, -0.2) is 9.97 Å². The van der Waals surface area contributed by atoms with Crippen molar-refractivity contribution in [1.29, 1.82) is 0 Å². The van der Waals surface area contributed by atoms with E-state index in [9.17, 15) is 0 Å². The number of benzene rings is 1. The van der Waals surface area contributed by atoms with Crippen molar-refractivity contribution in [3.8, 4) is 0 Å². The molecule has 0 bridgehead atoms. The van der Waals surface area contributed by atoms with Crippen LogP contribution in [-0.4, -0.2) is 14.5 Å². The first-order valence-corrected chi connectivity index (χ1v) is 7.24. The number of imidazole rings is 1. The van der Waals surface area contributed by atoms with Gasteiger partial charge in [0.2, 0.25) is 0 Å². The van der Waals surface area contributed by atoms with Gasteiger partial charge in [0.05, 0.1) is 23.9 Å². The lowest BCUT2D eigenvalue weighted by molar-refractivity contribution is 0.787. The first-order valence-electron chi connectivity index (χ1n) is 6.05. The van der Waals surface area contributed by atoms with E-state index in [4.69, 9.17) is 11.6 Å². The molecule has 1 N–H and O–H groups in total. The highest BCUT2D eigenvalue weighted by Gasteiger charge is 2.03. The molecule has 0 fully saturated rings. The third-order valence-electron chi connectivity index (χ3n) is 2.95. The molecular formula is C13H13ClN4S. The quantitative estimate of drug-likeness (QED) is 0.796. The smallest absolute Gasteiger partial charge is 0.183 e. The highest BCUT2D eigenvalue weighted by molar-refractivity contribution is 7.15. The van der Waals surface area contributed by atoms with Crippen LogP contribution in [0, 0.1) is 0 Å². The summed E-state index contributed by atoms with van der Waals surface area (Å²) in [6, 6.07) is 6.22. The zero-order chi connectivity index (χ0) is 13.2. The second-order valence-corrected chi connectivity index (χ2v) is 5.86. The Hall–Kier alpha value is -1.59. The number of halogens is 1. The fourth-order valence-electron chi connectivity index (χ4n) is 1.98. The molecule has 0 saturated carbocycles. The maximum Gasteiger partial charge on any atom is 0.183 e. The molecule has 3 rings (SSSR count). The summed E-state index contributed by atoms with van der Waals surface area (Å²) in [6.07, 6.45) is 3.67. The van der Waals surface area contributed by atoms with Crippen molar-refractivity contribution in [3.05, 3.63) is 40.1 Å². The monoisotopic (exact) mass is 292 g/mol. The summed E-state index contributed by atoms with van der Waals surface area (Å²) in [5.74, 6) is 0. The van der Waals surface area contributed by atoms with Crippen LogP contribution < -0.4 is 5.32 Å². The molecule has 0 amide bonds. The second kappa shape index (κ2) is 5.19. The summed E-state index contributed by atoms with van der Waals surface area (Å²) in [5, 5.41) is 3.36. The Bertz CT molecular complexity index is 704. The van der Waals surface area contributed by atoms with Crippen molar-refractivity contribution < 1.29 is 0 Å². The molecule has 0 radical (unpaired) electrons. The largest absolute Gasteiger partial charge is 0.380 e. The van der Waals surface area contributed by atoms with Crippen LogP contribution in [0.4, 0.5) is 5.69 Å². The molecule has 2 heterocycles. The summed E-state index contributed by atoms with van der Waals surface area (Å²) in [5.41, 5.74) is 3.22. The number of hydrogen-bond donors (Lipinski definition) is 1. The maximum absolute atomic E-state index is 5.81. The molecule has 19 heavy (non-hydrogen) atoms. The van der Waals surface area contributed by atoms with E-state index in [0.717, 1.165) is 34.7 Å². The Morgan fingerprint density at radius 2 is 2.26 bits per heavy atom. The molecule has 98 valence electrons. The normalized spacial score (nSPS) is 11.1. The second-order valence-electron chi connectivity index (χ2n) is 4.17. The Kier molecular flexibility index (Phi) is 3.40. The van der Waals surface area contributed by atoms with Crippen molar-refractivity contribution in [2.24, 2.45) is 0 Å². The van der Waals surface area contributed by atoms with Crippen molar-refractivity contribution in [2.75, 3.05) is 5.32 Å². The van der Waals surface area contributed by atoms with Gasteiger partial charge in [0.25, 0.3) is 0 Å². The first-order chi connectivity index (χ1) is 9.26. The van der Waals surface area contributed by atoms with E-state index in [1.807, 2.05) is 6.33 Å². The predicted molar refractivity (Wildman–Crippen MR) is 79.9 cm³/mol. The Morgan fingerprint density at radius 3 is 3.00 bits per heavy atom. The van der Waals surface area contributed by atoms with Crippen LogP contribution >= 0.6 is 22.9 Å². The van der Waals surface area contributed by atoms with Crippen molar-refractivity contribution in [1.82, 2.24) is 14.5 Å². The molecule has 0 unspecified atom stereocenters. The van der Waals surface area contributed by atoms with Crippen LogP contribution in [0.25, 0.3) is 11.0 Å². The molecule has 0 atom stereocenters. The van der Waals surface area contributed by atoms with E-state index in [0.29, 0.717) is 4.47 Å². The van der Waals surface area contributed by atoms with E-state index in [-0.39, 0.29) is 0 Å². The zero-order valence-electron chi connectivity index (χ0n) is 10.4. The minimum absolute atomic E-state index is 0.578. The van der Waals surface area contributed by atoms with Gasteiger partial charge in [-0.05, 0) is 25.1 Å². The third-order valence-corrected chi connectivity index (χ3v) is 4.07. The van der Waals surface area contributed by atoms with Crippen LogP contribution in [0.3, 0.4) is 0 Å². The van der Waals surface area contributed by atoms with Gasteiger partial charge in [0.1, 0.15) is 0 Å². The number of aryl methyl sites for hydroxylation is 1. The topological polar surface area (TPSA) is 42.7 Å². The number of rotatable bonds is 4. The Balaban J connectivity index is 1.78. The number of aromatic nitrogens is 3. The van der Waals surface area contributed by atoms with Gasteiger partial charge < -0.3 is 9.88 Å². The van der Waals surface area contributed by atoms with Crippen LogP contribution in [0.1, 0.15) is 11.8 Å². The van der Waals surface area contributed by atoms with Gasteiger partial charge in [-0.2, -0.15) is 0 Å². The Morgan fingerprint density at radius 1 is 1.37 bits per heavy atom. The van der Waals surface area contributed by atoms with Gasteiger partial charge in [0.15, 0.2) is 4.47 Å². The molecule has 0 aliphatic rings. The minimum Gasteiger partial charge on any atom is -0.380 e. The van der Waals surface area contributed by atoms with E-state index in [1.165, 1.54) is 11.3 Å². The van der Waals surface area contributed by atoms with Crippen LogP contribution in [-0.2, 0) is 13.1 Å². The van der Waals surface area contributed by atoms with Gasteiger partial charge in [-0.1, -0.05) is 11.6 Å². The Labute approximate surface area is 120 Å². The van der Waals surface area contributed by atoms with Gasteiger partial charge in [0, 0.05) is 23.3 Å². The summed E-state index contributed by atoms with van der Waals surface area (Å²) < 4.78 is 2.70. The average molecular weight is 293 g/mol. The van der Waals surface area contributed by atoms with Gasteiger partial charge in [-0.3, -0.25) is 0 Å². The summed E-state index contributed by atoms with van der Waals surface area (Å²) in [7, 11) is 0. The number of nitrogens with one attached hydrogen (secondary N) is 1. The van der Waals surface area contributed by atoms with Gasteiger partial charge >= 0.3 is 0 Å². The fourth-order valence-corrected chi connectivity index (χ4v) is 2.90. The van der Waals surface area contributed by atoms with Gasteiger partial charge in [-0.15, -0.1) is 11.3 Å². The van der Waals surface area contributed by atoms with E-state index in [2.05, 4.69) is 45.0 Å². The molecule has 0 aliphatic heterocycles. The summed E-state index contributed by atoms with van der Waals surface area (Å²) in [4.78, 5) is 9.54. The molecule has 2 aromatic heterocycles. The molecule has 4 nitrogen and oxygen atoms in total. The molecule has 6 heteroatoms. The molecule has 0 saturated heterocycles. The van der Waals surface area contributed by atoms with Crippen LogP contribution in [0.2, 0.25) is 4.47 Å². The maximum atomic E-state index is 5.81. The summed E-state index contributed by atoms with van der Waals surface area (Å²) >= 11 is 7.30. The number of anilines is 1. The van der Waals surface area contributed by atoms with Crippen LogP contribution in [0.15, 0.2) is 30.7 Å². The van der Waals surface area contributed by atoms with E-state index in [1.54, 1.807) is 6.20 Å². The first kappa shape index (κ1) is 12.4. The van der Waals surface area contributed by atoms with E-state index < -0.39 is 0 Å². The summed E-state index contributed by atoms with van der Waals surface area (Å²) in [6.45, 7) is 3.77. The molecule has 0 aliphatic carbocycles. The van der Waals surface area contributed by atoms with Crippen LogP contribution in [0.5, 0.6) is 0 Å². The lowest BCUT2D eigenvalue weighted by atomic mass is 10.2. The van der Waals surface area contributed by atoms with Crippen molar-refractivity contribution in [2.45, 2.75) is 20.0 Å². The number of nitrogens with zero attached hydrogens (tertiary/aromatic N) is 3. The predicted octanol–water partition coefficient (Wildman–Crippen LogP) is 3.78. The molecule has 0 spiro atoms.